The maximum Gasteiger partial charge on any atom is 0.120 e. The van der Waals surface area contributed by atoms with Gasteiger partial charge in [-0.15, -0.1) is 5.73 Å². The molecule has 0 saturated carbocycles. The molecule has 0 rings (SSSR count). The average Bonchev–Trinajstić information content (AvgIpc) is 2.10. The molecule has 0 fully saturated rings. The molecule has 0 aliphatic carbocycles. The quantitative estimate of drug-likeness (QED) is 0.482. The van der Waals surface area contributed by atoms with E-state index in [-0.39, 0.29) is 0 Å². The maximum absolute atomic E-state index is 10.1. The van der Waals surface area contributed by atoms with Gasteiger partial charge in [-0.1, -0.05) is 20.4 Å². The molecule has 0 bridgehead atoms. The minimum absolute atomic E-state index is 0.548. The average molecular weight is 181 g/mol. The first-order chi connectivity index (χ1) is 6.20. The third kappa shape index (κ3) is 7.35. The Balaban J connectivity index is 3.61. The summed E-state index contributed by atoms with van der Waals surface area (Å²) in [6.07, 6.45) is 3.32. The van der Waals surface area contributed by atoms with Gasteiger partial charge in [0, 0.05) is 19.4 Å². The summed E-state index contributed by atoms with van der Waals surface area (Å²) >= 11 is 0. The fraction of sp³-hybridized carbons (Fsp3) is 0.636. The molecule has 0 aliphatic heterocycles. The van der Waals surface area contributed by atoms with Crippen LogP contribution in [0.5, 0.6) is 0 Å². The summed E-state index contributed by atoms with van der Waals surface area (Å²) in [5, 5.41) is 3.22. The molecule has 0 aromatic carbocycles. The number of hydrogen-bond acceptors (Lipinski definition) is 2. The molecule has 1 N–H and O–H groups in total. The van der Waals surface area contributed by atoms with E-state index in [1.165, 1.54) is 0 Å². The van der Waals surface area contributed by atoms with Crippen LogP contribution >= 0.6 is 0 Å². The van der Waals surface area contributed by atoms with Crippen LogP contribution in [0, 0.1) is 5.92 Å². The minimum Gasteiger partial charge on any atom is -0.382 e. The van der Waals surface area contributed by atoms with Gasteiger partial charge in [-0.25, -0.2) is 0 Å². The van der Waals surface area contributed by atoms with E-state index in [1.54, 1.807) is 0 Å². The summed E-state index contributed by atoms with van der Waals surface area (Å²) in [7, 11) is 0. The zero-order valence-corrected chi connectivity index (χ0v) is 8.60. The molecule has 0 spiro atoms. The minimum atomic E-state index is 0.548. The van der Waals surface area contributed by atoms with E-state index >= 15 is 0 Å². The standard InChI is InChI=1S/C11H19NO/c1-4-11(6-5-9-13)12-8-7-10(2)3/h9-10,12H,1,5-8H2,2-3H3. The second kappa shape index (κ2) is 7.63. The molecule has 0 aliphatic rings. The summed E-state index contributed by atoms with van der Waals surface area (Å²) in [5.41, 5.74) is 3.76. The Bertz CT molecular complexity index is 190. The lowest BCUT2D eigenvalue weighted by Gasteiger charge is -2.08. The van der Waals surface area contributed by atoms with Gasteiger partial charge in [-0.3, -0.25) is 0 Å². The highest BCUT2D eigenvalue weighted by molar-refractivity contribution is 5.49. The summed E-state index contributed by atoms with van der Waals surface area (Å²) in [5.74, 6) is 0.699. The zero-order chi connectivity index (χ0) is 10.1. The van der Waals surface area contributed by atoms with E-state index in [0.29, 0.717) is 12.3 Å². The molecule has 0 aromatic heterocycles. The van der Waals surface area contributed by atoms with E-state index in [1.807, 2.05) is 0 Å². The Kier molecular flexibility index (Phi) is 7.04. The summed E-state index contributed by atoms with van der Waals surface area (Å²) in [6.45, 7) is 8.88. The van der Waals surface area contributed by atoms with Crippen molar-refractivity contribution in [2.45, 2.75) is 33.1 Å². The third-order valence-electron chi connectivity index (χ3n) is 1.79. The molecule has 0 saturated heterocycles. The number of aldehydes is 1. The largest absolute Gasteiger partial charge is 0.382 e. The van der Waals surface area contributed by atoms with Crippen LogP contribution in [0.2, 0.25) is 0 Å². The van der Waals surface area contributed by atoms with E-state index < -0.39 is 0 Å². The van der Waals surface area contributed by atoms with Gasteiger partial charge in [-0.05, 0) is 12.3 Å². The molecule has 13 heavy (non-hydrogen) atoms. The second-order valence-corrected chi connectivity index (χ2v) is 3.47. The first-order valence-electron chi connectivity index (χ1n) is 4.77. The Morgan fingerprint density at radius 1 is 1.62 bits per heavy atom. The highest BCUT2D eigenvalue weighted by Crippen LogP contribution is 2.00. The topological polar surface area (TPSA) is 29.1 Å². The lowest BCUT2D eigenvalue weighted by atomic mass is 10.1. The fourth-order valence-corrected chi connectivity index (χ4v) is 0.954. The molecule has 0 unspecified atom stereocenters. The smallest absolute Gasteiger partial charge is 0.120 e. The Morgan fingerprint density at radius 2 is 2.31 bits per heavy atom. The predicted octanol–water partition coefficient (Wildman–Crippen LogP) is 2.27. The lowest BCUT2D eigenvalue weighted by molar-refractivity contribution is -0.107. The highest BCUT2D eigenvalue weighted by Gasteiger charge is 1.96. The van der Waals surface area contributed by atoms with Crippen LogP contribution in [0.3, 0.4) is 0 Å². The van der Waals surface area contributed by atoms with Crippen molar-refractivity contribution in [1.29, 1.82) is 0 Å². The van der Waals surface area contributed by atoms with Gasteiger partial charge < -0.3 is 10.1 Å². The van der Waals surface area contributed by atoms with Gasteiger partial charge in [0.05, 0.1) is 5.70 Å². The van der Waals surface area contributed by atoms with Gasteiger partial charge in [0.2, 0.25) is 0 Å². The summed E-state index contributed by atoms with van der Waals surface area (Å²) < 4.78 is 0. The van der Waals surface area contributed by atoms with E-state index in [4.69, 9.17) is 0 Å². The van der Waals surface area contributed by atoms with Crippen molar-refractivity contribution in [2.75, 3.05) is 6.54 Å². The monoisotopic (exact) mass is 181 g/mol. The van der Waals surface area contributed by atoms with Gasteiger partial charge in [0.15, 0.2) is 0 Å². The van der Waals surface area contributed by atoms with Gasteiger partial charge >= 0.3 is 0 Å². The number of allylic oxidation sites excluding steroid dienone is 1. The van der Waals surface area contributed by atoms with Gasteiger partial charge in [-0.2, -0.15) is 0 Å². The third-order valence-corrected chi connectivity index (χ3v) is 1.79. The van der Waals surface area contributed by atoms with Crippen molar-refractivity contribution in [1.82, 2.24) is 5.32 Å². The van der Waals surface area contributed by atoms with Crippen LogP contribution in [-0.2, 0) is 4.79 Å². The SMILES string of the molecule is C=C=C(CCC=O)NCCC(C)C. The second-order valence-electron chi connectivity index (χ2n) is 3.47. The van der Waals surface area contributed by atoms with Crippen LogP contribution < -0.4 is 5.32 Å². The van der Waals surface area contributed by atoms with Gasteiger partial charge in [0.1, 0.15) is 6.29 Å². The van der Waals surface area contributed by atoms with E-state index in [2.05, 4.69) is 31.5 Å². The predicted molar refractivity (Wildman–Crippen MR) is 55.4 cm³/mol. The number of rotatable bonds is 7. The molecule has 0 amide bonds. The van der Waals surface area contributed by atoms with Crippen molar-refractivity contribution < 1.29 is 4.79 Å². The van der Waals surface area contributed by atoms with Crippen molar-refractivity contribution in [3.63, 3.8) is 0 Å². The molecular weight excluding hydrogens is 162 g/mol. The highest BCUT2D eigenvalue weighted by atomic mass is 16.1. The number of carbonyl (C=O) groups excluding carboxylic acids is 1. The zero-order valence-electron chi connectivity index (χ0n) is 8.60. The van der Waals surface area contributed by atoms with Crippen molar-refractivity contribution in [3.8, 4) is 0 Å². The molecule has 74 valence electrons. The Morgan fingerprint density at radius 3 is 2.77 bits per heavy atom. The number of nitrogens with one attached hydrogen (secondary N) is 1. The maximum atomic E-state index is 10.1. The molecular formula is C11H19NO. The summed E-state index contributed by atoms with van der Waals surface area (Å²) in [4.78, 5) is 10.1. The number of hydrogen-bond donors (Lipinski definition) is 1. The van der Waals surface area contributed by atoms with Crippen molar-refractivity contribution in [2.24, 2.45) is 5.92 Å². The van der Waals surface area contributed by atoms with Crippen LogP contribution in [-0.4, -0.2) is 12.8 Å². The van der Waals surface area contributed by atoms with Gasteiger partial charge in [0.25, 0.3) is 0 Å². The van der Waals surface area contributed by atoms with Crippen LogP contribution in [0.15, 0.2) is 18.0 Å². The molecule has 0 aromatic rings. The van der Waals surface area contributed by atoms with Crippen LogP contribution in [0.25, 0.3) is 0 Å². The van der Waals surface area contributed by atoms with Crippen LogP contribution in [0.4, 0.5) is 0 Å². The molecule has 0 heterocycles. The Labute approximate surface area is 80.7 Å². The summed E-state index contributed by atoms with van der Waals surface area (Å²) in [6, 6.07) is 0. The van der Waals surface area contributed by atoms with Crippen LogP contribution in [0.1, 0.15) is 33.1 Å². The Hall–Kier alpha value is -1.01. The normalized spacial score (nSPS) is 9.46. The van der Waals surface area contributed by atoms with Crippen molar-refractivity contribution in [3.05, 3.63) is 18.0 Å². The number of carbonyl (C=O) groups is 1. The molecule has 0 atom stereocenters. The first-order valence-corrected chi connectivity index (χ1v) is 4.77. The van der Waals surface area contributed by atoms with E-state index in [9.17, 15) is 4.79 Å². The van der Waals surface area contributed by atoms with Crippen molar-refractivity contribution >= 4 is 6.29 Å². The van der Waals surface area contributed by atoms with E-state index in [0.717, 1.165) is 31.4 Å². The molecule has 2 nitrogen and oxygen atoms in total. The molecule has 2 heteroatoms. The molecule has 0 radical (unpaired) electrons. The first kappa shape index (κ1) is 12.0. The lowest BCUT2D eigenvalue weighted by Crippen LogP contribution is -2.15. The fourth-order valence-electron chi connectivity index (χ4n) is 0.954.